The van der Waals surface area contributed by atoms with Crippen molar-refractivity contribution in [2.45, 2.75) is 32.6 Å². The van der Waals surface area contributed by atoms with Gasteiger partial charge in [0.2, 0.25) is 0 Å². The Labute approximate surface area is 75.7 Å². The summed E-state index contributed by atoms with van der Waals surface area (Å²) in [6, 6.07) is 0. The standard InChI is InChI=1S/C10H21NO/c1-2-3-6-11-7-8-12-9-10-4-5-10/h10-11H,2-9H2,1H3. The third-order valence-corrected chi connectivity index (χ3v) is 2.18. The third-order valence-electron chi connectivity index (χ3n) is 2.18. The molecule has 0 aromatic heterocycles. The summed E-state index contributed by atoms with van der Waals surface area (Å²) >= 11 is 0. The first kappa shape index (κ1) is 10.0. The van der Waals surface area contributed by atoms with Crippen LogP contribution in [0.5, 0.6) is 0 Å². The third kappa shape index (κ3) is 5.56. The van der Waals surface area contributed by atoms with Gasteiger partial charge in [-0.3, -0.25) is 0 Å². The van der Waals surface area contributed by atoms with Gasteiger partial charge in [-0.2, -0.15) is 0 Å². The van der Waals surface area contributed by atoms with Crippen molar-refractivity contribution in [3.8, 4) is 0 Å². The van der Waals surface area contributed by atoms with E-state index in [9.17, 15) is 0 Å². The molecule has 0 aromatic rings. The summed E-state index contributed by atoms with van der Waals surface area (Å²) in [4.78, 5) is 0. The van der Waals surface area contributed by atoms with Crippen LogP contribution in [0.4, 0.5) is 0 Å². The first-order valence-corrected chi connectivity index (χ1v) is 5.22. The van der Waals surface area contributed by atoms with Gasteiger partial charge in [0.05, 0.1) is 6.61 Å². The molecule has 1 N–H and O–H groups in total. The second-order valence-electron chi connectivity index (χ2n) is 3.62. The molecule has 0 saturated heterocycles. The van der Waals surface area contributed by atoms with Crippen LogP contribution < -0.4 is 5.32 Å². The quantitative estimate of drug-likeness (QED) is 0.562. The maximum absolute atomic E-state index is 5.48. The van der Waals surface area contributed by atoms with Crippen molar-refractivity contribution in [2.24, 2.45) is 5.92 Å². The summed E-state index contributed by atoms with van der Waals surface area (Å²) in [5.41, 5.74) is 0. The van der Waals surface area contributed by atoms with Gasteiger partial charge in [0.25, 0.3) is 0 Å². The molecule has 1 aliphatic rings. The van der Waals surface area contributed by atoms with E-state index in [1.807, 2.05) is 0 Å². The Morgan fingerprint density at radius 3 is 2.83 bits per heavy atom. The Hall–Kier alpha value is -0.0800. The molecule has 0 heterocycles. The largest absolute Gasteiger partial charge is 0.380 e. The predicted molar refractivity (Wildman–Crippen MR) is 51.3 cm³/mol. The fourth-order valence-corrected chi connectivity index (χ4v) is 1.11. The highest BCUT2D eigenvalue weighted by Crippen LogP contribution is 2.28. The summed E-state index contributed by atoms with van der Waals surface area (Å²) in [5.74, 6) is 0.903. The molecule has 1 saturated carbocycles. The Morgan fingerprint density at radius 2 is 2.17 bits per heavy atom. The van der Waals surface area contributed by atoms with Crippen LogP contribution in [0.25, 0.3) is 0 Å². The molecule has 0 spiro atoms. The lowest BCUT2D eigenvalue weighted by Gasteiger charge is -2.04. The van der Waals surface area contributed by atoms with E-state index in [4.69, 9.17) is 4.74 Å². The van der Waals surface area contributed by atoms with Gasteiger partial charge in [-0.05, 0) is 31.7 Å². The van der Waals surface area contributed by atoms with Crippen LogP contribution in [0.2, 0.25) is 0 Å². The van der Waals surface area contributed by atoms with Gasteiger partial charge in [-0.15, -0.1) is 0 Å². The molecule has 12 heavy (non-hydrogen) atoms. The van der Waals surface area contributed by atoms with Crippen molar-refractivity contribution in [3.63, 3.8) is 0 Å². The van der Waals surface area contributed by atoms with Gasteiger partial charge >= 0.3 is 0 Å². The van der Waals surface area contributed by atoms with Crippen molar-refractivity contribution in [3.05, 3.63) is 0 Å². The zero-order chi connectivity index (χ0) is 8.65. The Kier molecular flexibility index (Phi) is 5.37. The lowest BCUT2D eigenvalue weighted by atomic mass is 10.3. The fraction of sp³-hybridized carbons (Fsp3) is 1.00. The van der Waals surface area contributed by atoms with Crippen LogP contribution in [0.1, 0.15) is 32.6 Å². The Balaban J connectivity index is 1.65. The second-order valence-corrected chi connectivity index (χ2v) is 3.62. The average molecular weight is 171 g/mol. The minimum absolute atomic E-state index is 0.889. The summed E-state index contributed by atoms with van der Waals surface area (Å²) in [5, 5.41) is 3.36. The molecular formula is C10H21NO. The average Bonchev–Trinajstić information content (AvgIpc) is 2.87. The molecule has 0 bridgehead atoms. The Morgan fingerprint density at radius 1 is 1.33 bits per heavy atom. The molecule has 0 aromatic carbocycles. The molecule has 72 valence electrons. The monoisotopic (exact) mass is 171 g/mol. The van der Waals surface area contributed by atoms with Crippen LogP contribution in [0, 0.1) is 5.92 Å². The summed E-state index contributed by atoms with van der Waals surface area (Å²) in [6.45, 7) is 6.26. The minimum Gasteiger partial charge on any atom is -0.380 e. The lowest BCUT2D eigenvalue weighted by molar-refractivity contribution is 0.126. The molecule has 2 nitrogen and oxygen atoms in total. The normalized spacial score (nSPS) is 16.8. The molecule has 1 fully saturated rings. The zero-order valence-corrected chi connectivity index (χ0v) is 8.14. The van der Waals surface area contributed by atoms with Gasteiger partial charge in [0, 0.05) is 13.2 Å². The molecule has 1 rings (SSSR count). The smallest absolute Gasteiger partial charge is 0.0591 e. The zero-order valence-electron chi connectivity index (χ0n) is 8.14. The van der Waals surface area contributed by atoms with Gasteiger partial charge in [-0.1, -0.05) is 13.3 Å². The molecular weight excluding hydrogens is 150 g/mol. The minimum atomic E-state index is 0.889. The first-order valence-electron chi connectivity index (χ1n) is 5.22. The number of hydrogen-bond donors (Lipinski definition) is 1. The highest BCUT2D eigenvalue weighted by Gasteiger charge is 2.20. The van der Waals surface area contributed by atoms with Gasteiger partial charge in [-0.25, -0.2) is 0 Å². The van der Waals surface area contributed by atoms with E-state index in [1.54, 1.807) is 0 Å². The van der Waals surface area contributed by atoms with Crippen molar-refractivity contribution >= 4 is 0 Å². The molecule has 1 aliphatic carbocycles. The van der Waals surface area contributed by atoms with E-state index in [1.165, 1.54) is 25.7 Å². The summed E-state index contributed by atoms with van der Waals surface area (Å²) in [6.07, 6.45) is 5.34. The lowest BCUT2D eigenvalue weighted by Crippen LogP contribution is -2.21. The van der Waals surface area contributed by atoms with E-state index in [0.29, 0.717) is 0 Å². The maximum atomic E-state index is 5.48. The molecule has 2 heteroatoms. The summed E-state index contributed by atoms with van der Waals surface area (Å²) in [7, 11) is 0. The fourth-order valence-electron chi connectivity index (χ4n) is 1.11. The second kappa shape index (κ2) is 6.44. The van der Waals surface area contributed by atoms with E-state index in [0.717, 1.165) is 32.2 Å². The molecule has 0 aliphatic heterocycles. The Bertz CT molecular complexity index is 102. The van der Waals surface area contributed by atoms with Crippen molar-refractivity contribution in [1.29, 1.82) is 0 Å². The highest BCUT2D eigenvalue weighted by atomic mass is 16.5. The van der Waals surface area contributed by atoms with Gasteiger partial charge in [0.1, 0.15) is 0 Å². The SMILES string of the molecule is CCCCNCCOCC1CC1. The number of ether oxygens (including phenoxy) is 1. The van der Waals surface area contributed by atoms with E-state index in [-0.39, 0.29) is 0 Å². The van der Waals surface area contributed by atoms with E-state index >= 15 is 0 Å². The van der Waals surface area contributed by atoms with Crippen LogP contribution >= 0.6 is 0 Å². The molecule has 0 unspecified atom stereocenters. The number of unbranched alkanes of at least 4 members (excludes halogenated alkanes) is 1. The van der Waals surface area contributed by atoms with Crippen molar-refractivity contribution in [1.82, 2.24) is 5.32 Å². The molecule has 0 atom stereocenters. The van der Waals surface area contributed by atoms with Gasteiger partial charge < -0.3 is 10.1 Å². The number of hydrogen-bond acceptors (Lipinski definition) is 2. The summed E-state index contributed by atoms with van der Waals surface area (Å²) < 4.78 is 5.48. The van der Waals surface area contributed by atoms with Crippen LogP contribution in [0.15, 0.2) is 0 Å². The van der Waals surface area contributed by atoms with Crippen molar-refractivity contribution < 1.29 is 4.74 Å². The van der Waals surface area contributed by atoms with Crippen LogP contribution in [-0.2, 0) is 4.74 Å². The first-order chi connectivity index (χ1) is 5.93. The molecule has 0 radical (unpaired) electrons. The predicted octanol–water partition coefficient (Wildman–Crippen LogP) is 1.80. The number of nitrogens with one attached hydrogen (secondary N) is 1. The highest BCUT2D eigenvalue weighted by molar-refractivity contribution is 4.71. The molecule has 0 amide bonds. The topological polar surface area (TPSA) is 21.3 Å². The van der Waals surface area contributed by atoms with Gasteiger partial charge in [0.15, 0.2) is 0 Å². The van der Waals surface area contributed by atoms with E-state index < -0.39 is 0 Å². The van der Waals surface area contributed by atoms with Crippen LogP contribution in [0.3, 0.4) is 0 Å². The maximum Gasteiger partial charge on any atom is 0.0591 e. The van der Waals surface area contributed by atoms with Crippen LogP contribution in [-0.4, -0.2) is 26.3 Å². The number of rotatable bonds is 8. The van der Waals surface area contributed by atoms with Crippen molar-refractivity contribution in [2.75, 3.05) is 26.3 Å². The van der Waals surface area contributed by atoms with E-state index in [2.05, 4.69) is 12.2 Å².